The van der Waals surface area contributed by atoms with Crippen molar-refractivity contribution in [2.24, 2.45) is 10.8 Å². The molecule has 0 bridgehead atoms. The van der Waals surface area contributed by atoms with E-state index < -0.39 is 5.41 Å². The summed E-state index contributed by atoms with van der Waals surface area (Å²) in [5, 5.41) is 0. The van der Waals surface area contributed by atoms with Crippen LogP contribution in [0.1, 0.15) is 42.1 Å². The number of likely N-dealkylation sites (tertiary alicyclic amines) is 3. The predicted octanol–water partition coefficient (Wildman–Crippen LogP) is 2.32. The molecule has 0 aromatic heterocycles. The molecule has 0 aliphatic carbocycles. The van der Waals surface area contributed by atoms with Gasteiger partial charge in [0.1, 0.15) is 0 Å². The van der Waals surface area contributed by atoms with Gasteiger partial charge in [-0.3, -0.25) is 9.59 Å². The lowest BCUT2D eigenvalue weighted by Crippen LogP contribution is -2.53. The maximum absolute atomic E-state index is 13.3. The molecule has 3 fully saturated rings. The molecule has 1 aromatic rings. The normalized spacial score (nSPS) is 25.0. The molecule has 0 saturated carbocycles. The van der Waals surface area contributed by atoms with E-state index in [1.165, 1.54) is 5.56 Å². The minimum atomic E-state index is -0.522. The van der Waals surface area contributed by atoms with Crippen molar-refractivity contribution < 1.29 is 14.4 Å². The van der Waals surface area contributed by atoms with Crippen LogP contribution in [0.4, 0.5) is 4.79 Å². The van der Waals surface area contributed by atoms with Gasteiger partial charge in [0.25, 0.3) is 5.91 Å². The Kier molecular flexibility index (Phi) is 5.48. The molecule has 2 spiro atoms. The summed E-state index contributed by atoms with van der Waals surface area (Å²) in [6.07, 6.45) is 3.24. The van der Waals surface area contributed by atoms with Gasteiger partial charge in [-0.1, -0.05) is 19.1 Å². The maximum Gasteiger partial charge on any atom is 0.319 e. The molecule has 4 amide bonds. The average Bonchev–Trinajstić information content (AvgIpc) is 3.25. The van der Waals surface area contributed by atoms with Crippen molar-refractivity contribution in [2.45, 2.75) is 32.6 Å². The van der Waals surface area contributed by atoms with Crippen molar-refractivity contribution in [1.29, 1.82) is 0 Å². The number of amides is 4. The van der Waals surface area contributed by atoms with Crippen molar-refractivity contribution in [2.75, 3.05) is 53.9 Å². The van der Waals surface area contributed by atoms with Crippen LogP contribution in [-0.2, 0) is 11.2 Å². The monoisotopic (exact) mass is 426 g/mol. The zero-order valence-electron chi connectivity index (χ0n) is 19.2. The topological polar surface area (TPSA) is 64.2 Å². The third-order valence-corrected chi connectivity index (χ3v) is 7.87. The van der Waals surface area contributed by atoms with Crippen LogP contribution in [0, 0.1) is 10.8 Å². The maximum atomic E-state index is 13.3. The van der Waals surface area contributed by atoms with Crippen LogP contribution in [0.25, 0.3) is 0 Å². The highest BCUT2D eigenvalue weighted by atomic mass is 16.2. The largest absolute Gasteiger partial charge is 0.345 e. The van der Waals surface area contributed by atoms with E-state index in [0.29, 0.717) is 26.2 Å². The fraction of sp³-hybridized carbons (Fsp3) is 0.625. The van der Waals surface area contributed by atoms with Gasteiger partial charge in [0, 0.05) is 64.8 Å². The SMILES string of the molecule is CCc1ccc(C(=O)N2CCC3(CC2)CN(C(=O)N(C)C)CC32CCN(C)C2=O)cc1. The summed E-state index contributed by atoms with van der Waals surface area (Å²) in [6, 6.07) is 7.82. The van der Waals surface area contributed by atoms with Gasteiger partial charge >= 0.3 is 6.03 Å². The van der Waals surface area contributed by atoms with Gasteiger partial charge in [-0.05, 0) is 43.4 Å². The van der Waals surface area contributed by atoms with E-state index in [0.717, 1.165) is 37.8 Å². The number of benzene rings is 1. The summed E-state index contributed by atoms with van der Waals surface area (Å²) in [5.74, 6) is 0.220. The van der Waals surface area contributed by atoms with Gasteiger partial charge in [0.15, 0.2) is 0 Å². The Morgan fingerprint density at radius 1 is 0.968 bits per heavy atom. The molecule has 7 heteroatoms. The minimum Gasteiger partial charge on any atom is -0.345 e. The summed E-state index contributed by atoms with van der Waals surface area (Å²) < 4.78 is 0. The molecule has 3 aliphatic heterocycles. The number of fused-ring (bicyclic) bond motifs is 1. The molecule has 3 aliphatic rings. The van der Waals surface area contributed by atoms with Crippen molar-refractivity contribution in [1.82, 2.24) is 19.6 Å². The average molecular weight is 427 g/mol. The molecule has 0 N–H and O–H groups in total. The zero-order valence-corrected chi connectivity index (χ0v) is 19.2. The van der Waals surface area contributed by atoms with Gasteiger partial charge < -0.3 is 19.6 Å². The molecule has 4 rings (SSSR count). The van der Waals surface area contributed by atoms with Crippen LogP contribution in [0.15, 0.2) is 24.3 Å². The highest BCUT2D eigenvalue weighted by Crippen LogP contribution is 2.57. The van der Waals surface area contributed by atoms with E-state index in [4.69, 9.17) is 0 Å². The number of piperidine rings is 1. The predicted molar refractivity (Wildman–Crippen MR) is 119 cm³/mol. The van der Waals surface area contributed by atoms with Gasteiger partial charge in [-0.25, -0.2) is 4.79 Å². The fourth-order valence-electron chi connectivity index (χ4n) is 5.90. The van der Waals surface area contributed by atoms with Crippen LogP contribution in [-0.4, -0.2) is 91.3 Å². The van der Waals surface area contributed by atoms with Crippen LogP contribution in [0.2, 0.25) is 0 Å². The first-order chi connectivity index (χ1) is 14.7. The highest BCUT2D eigenvalue weighted by Gasteiger charge is 2.65. The number of carbonyl (C=O) groups excluding carboxylic acids is 3. The molecule has 1 aromatic carbocycles. The van der Waals surface area contributed by atoms with Gasteiger partial charge in [0.05, 0.1) is 5.41 Å². The van der Waals surface area contributed by atoms with Crippen LogP contribution in [0.5, 0.6) is 0 Å². The first-order valence-electron chi connectivity index (χ1n) is 11.3. The molecular formula is C24H34N4O3. The van der Waals surface area contributed by atoms with Gasteiger partial charge in [-0.15, -0.1) is 0 Å². The molecule has 3 saturated heterocycles. The van der Waals surface area contributed by atoms with E-state index in [1.807, 2.05) is 46.0 Å². The Hall–Kier alpha value is -2.57. The molecule has 1 unspecified atom stereocenters. The quantitative estimate of drug-likeness (QED) is 0.729. The fourth-order valence-corrected chi connectivity index (χ4v) is 5.90. The second-order valence-electron chi connectivity index (χ2n) is 9.71. The van der Waals surface area contributed by atoms with Crippen LogP contribution >= 0.6 is 0 Å². The smallest absolute Gasteiger partial charge is 0.319 e. The first kappa shape index (κ1) is 21.7. The Morgan fingerprint density at radius 3 is 2.13 bits per heavy atom. The van der Waals surface area contributed by atoms with Gasteiger partial charge in [-0.2, -0.15) is 0 Å². The summed E-state index contributed by atoms with van der Waals surface area (Å²) in [6.45, 7) is 5.16. The third-order valence-electron chi connectivity index (χ3n) is 7.87. The van der Waals surface area contributed by atoms with E-state index in [1.54, 1.807) is 19.0 Å². The Labute approximate surface area is 185 Å². The number of hydrogen-bond acceptors (Lipinski definition) is 3. The highest BCUT2D eigenvalue weighted by molar-refractivity contribution is 5.94. The zero-order chi connectivity index (χ0) is 22.4. The lowest BCUT2D eigenvalue weighted by Gasteiger charge is -2.46. The van der Waals surface area contributed by atoms with Crippen LogP contribution in [0.3, 0.4) is 0 Å². The Morgan fingerprint density at radius 2 is 1.61 bits per heavy atom. The molecule has 168 valence electrons. The van der Waals surface area contributed by atoms with Crippen molar-refractivity contribution in [3.8, 4) is 0 Å². The van der Waals surface area contributed by atoms with Gasteiger partial charge in [0.2, 0.25) is 5.91 Å². The lowest BCUT2D eigenvalue weighted by atomic mass is 9.60. The van der Waals surface area contributed by atoms with E-state index >= 15 is 0 Å². The summed E-state index contributed by atoms with van der Waals surface area (Å²) in [7, 11) is 5.38. The Bertz CT molecular complexity index is 873. The van der Waals surface area contributed by atoms with E-state index in [9.17, 15) is 14.4 Å². The first-order valence-corrected chi connectivity index (χ1v) is 11.3. The number of hydrogen-bond donors (Lipinski definition) is 0. The molecule has 7 nitrogen and oxygen atoms in total. The number of urea groups is 1. The third kappa shape index (κ3) is 3.38. The van der Waals surface area contributed by atoms with E-state index in [2.05, 4.69) is 6.92 Å². The second kappa shape index (κ2) is 7.84. The molecule has 0 radical (unpaired) electrons. The summed E-state index contributed by atoms with van der Waals surface area (Å²) >= 11 is 0. The Balaban J connectivity index is 1.55. The number of aryl methyl sites for hydroxylation is 1. The summed E-state index contributed by atoms with van der Waals surface area (Å²) in [4.78, 5) is 46.4. The minimum absolute atomic E-state index is 0.0341. The van der Waals surface area contributed by atoms with Crippen LogP contribution < -0.4 is 0 Å². The number of carbonyl (C=O) groups is 3. The second-order valence-corrected chi connectivity index (χ2v) is 9.71. The molecular weight excluding hydrogens is 392 g/mol. The summed E-state index contributed by atoms with van der Waals surface area (Å²) in [5.41, 5.74) is 1.15. The number of rotatable bonds is 2. The van der Waals surface area contributed by atoms with Crippen molar-refractivity contribution >= 4 is 17.8 Å². The lowest BCUT2D eigenvalue weighted by molar-refractivity contribution is -0.141. The van der Waals surface area contributed by atoms with Crippen molar-refractivity contribution in [3.05, 3.63) is 35.4 Å². The molecule has 1 atom stereocenters. The van der Waals surface area contributed by atoms with Crippen molar-refractivity contribution in [3.63, 3.8) is 0 Å². The molecule has 3 heterocycles. The number of nitrogens with zero attached hydrogens (tertiary/aromatic N) is 4. The van der Waals surface area contributed by atoms with E-state index in [-0.39, 0.29) is 23.3 Å². The molecule has 31 heavy (non-hydrogen) atoms. The standard InChI is InChI=1S/C24H34N4O3/c1-5-18-6-8-19(9-7-18)20(29)27-14-10-23(11-15-27)16-28(22(31)25(2)3)17-24(23)12-13-26(4)21(24)30/h6-9H,5,10-17H2,1-4H3.